The van der Waals surface area contributed by atoms with Gasteiger partial charge in [0, 0.05) is 28.7 Å². The highest BCUT2D eigenvalue weighted by atomic mass is 19.1. The first-order valence-corrected chi connectivity index (χ1v) is 9.61. The summed E-state index contributed by atoms with van der Waals surface area (Å²) in [5.41, 5.74) is 2.92. The van der Waals surface area contributed by atoms with Gasteiger partial charge in [-0.3, -0.25) is 0 Å². The highest BCUT2D eigenvalue weighted by molar-refractivity contribution is 5.91. The molecule has 7 heteroatoms. The molecule has 0 saturated carbocycles. The number of fused-ring (bicyclic) bond motifs is 2. The second kappa shape index (κ2) is 8.13. The summed E-state index contributed by atoms with van der Waals surface area (Å²) < 4.78 is 24.6. The van der Waals surface area contributed by atoms with Crippen LogP contribution in [-0.4, -0.2) is 42.4 Å². The Morgan fingerprint density at radius 2 is 2.24 bits per heavy atom. The van der Waals surface area contributed by atoms with Crippen molar-refractivity contribution in [1.29, 1.82) is 0 Å². The summed E-state index contributed by atoms with van der Waals surface area (Å²) >= 11 is 0. The number of rotatable bonds is 7. The van der Waals surface area contributed by atoms with E-state index in [0.29, 0.717) is 30.1 Å². The summed E-state index contributed by atoms with van der Waals surface area (Å²) in [6, 6.07) is 7.96. The van der Waals surface area contributed by atoms with Gasteiger partial charge in [0.15, 0.2) is 11.5 Å². The number of hydrogen-bond donors (Lipinski definition) is 3. The second-order valence-corrected chi connectivity index (χ2v) is 7.20. The molecular weight excluding hydrogens is 375 g/mol. The van der Waals surface area contributed by atoms with Crippen molar-refractivity contribution < 1.29 is 23.8 Å². The van der Waals surface area contributed by atoms with Crippen molar-refractivity contribution in [2.45, 2.75) is 25.3 Å². The van der Waals surface area contributed by atoms with E-state index in [0.717, 1.165) is 35.9 Å². The Labute approximate surface area is 167 Å². The van der Waals surface area contributed by atoms with Gasteiger partial charge in [0.2, 0.25) is 0 Å². The molecule has 152 valence electrons. The van der Waals surface area contributed by atoms with E-state index in [1.807, 2.05) is 6.20 Å². The molecular formula is C22H23FN2O4. The Morgan fingerprint density at radius 1 is 1.38 bits per heavy atom. The first-order valence-electron chi connectivity index (χ1n) is 9.61. The fourth-order valence-corrected chi connectivity index (χ4v) is 3.89. The summed E-state index contributed by atoms with van der Waals surface area (Å²) in [6.07, 6.45) is 4.17. The second-order valence-electron chi connectivity index (χ2n) is 7.20. The summed E-state index contributed by atoms with van der Waals surface area (Å²) in [5, 5.41) is 13.8. The first-order chi connectivity index (χ1) is 14.1. The van der Waals surface area contributed by atoms with Gasteiger partial charge in [0.25, 0.3) is 0 Å². The fourth-order valence-electron chi connectivity index (χ4n) is 3.89. The molecule has 0 spiro atoms. The lowest BCUT2D eigenvalue weighted by Gasteiger charge is -2.28. The van der Waals surface area contributed by atoms with Crippen LogP contribution in [0.25, 0.3) is 10.9 Å². The molecule has 3 N–H and O–H groups in total. The number of carbonyl (C=O) groups is 1. The fraction of sp³-hybridized carbons (Fsp3) is 0.318. The Bertz CT molecular complexity index is 1050. The van der Waals surface area contributed by atoms with E-state index >= 15 is 0 Å². The van der Waals surface area contributed by atoms with Crippen molar-refractivity contribution in [2.75, 3.05) is 20.3 Å². The third kappa shape index (κ3) is 3.91. The molecule has 0 aliphatic carbocycles. The number of aromatic carboxylic acids is 1. The van der Waals surface area contributed by atoms with Crippen LogP contribution in [-0.2, 0) is 12.8 Å². The van der Waals surface area contributed by atoms with Gasteiger partial charge in [0.05, 0.1) is 12.7 Å². The van der Waals surface area contributed by atoms with Crippen LogP contribution in [0, 0.1) is 5.82 Å². The van der Waals surface area contributed by atoms with E-state index in [1.165, 1.54) is 6.07 Å². The number of aryl methyl sites for hydroxylation is 1. The summed E-state index contributed by atoms with van der Waals surface area (Å²) in [4.78, 5) is 14.7. The van der Waals surface area contributed by atoms with E-state index in [1.54, 1.807) is 31.4 Å². The van der Waals surface area contributed by atoms with Gasteiger partial charge in [0.1, 0.15) is 12.4 Å². The maximum absolute atomic E-state index is 13.5. The number of ether oxygens (including phenoxy) is 2. The zero-order valence-corrected chi connectivity index (χ0v) is 16.1. The van der Waals surface area contributed by atoms with E-state index in [2.05, 4.69) is 10.3 Å². The van der Waals surface area contributed by atoms with Crippen LogP contribution < -0.4 is 14.8 Å². The number of hydrogen-bond acceptors (Lipinski definition) is 4. The normalized spacial score (nSPS) is 15.7. The molecule has 0 bridgehead atoms. The van der Waals surface area contributed by atoms with Crippen molar-refractivity contribution >= 4 is 16.9 Å². The first kappa shape index (κ1) is 19.3. The SMILES string of the molecule is COc1ccc(C(=O)O)c2c1OC[C@H](NCCCc1c[nH]c3ccc(F)cc13)C2. The lowest BCUT2D eigenvalue weighted by atomic mass is 9.96. The number of carboxylic acids is 1. The minimum absolute atomic E-state index is 0.0214. The standard InChI is InChI=1S/C22H23FN2O4/c1-28-20-7-5-16(22(26)27)18-10-15(12-29-21(18)20)24-8-2-3-13-11-25-19-6-4-14(23)9-17(13)19/h4-7,9,11,15,24-25H,2-3,8,10,12H2,1H3,(H,26,27)/t15-/m1/s1. The minimum atomic E-state index is -0.972. The number of carboxylic acid groups (broad SMARTS) is 1. The van der Waals surface area contributed by atoms with Gasteiger partial charge < -0.3 is 24.9 Å². The maximum atomic E-state index is 13.5. The number of aromatic amines is 1. The molecule has 4 rings (SSSR count). The van der Waals surface area contributed by atoms with Crippen molar-refractivity contribution in [3.8, 4) is 11.5 Å². The third-order valence-electron chi connectivity index (χ3n) is 5.34. The van der Waals surface area contributed by atoms with E-state index in [9.17, 15) is 14.3 Å². The number of halogens is 1. The number of H-pyrrole nitrogens is 1. The Balaban J connectivity index is 1.37. The number of nitrogens with one attached hydrogen (secondary N) is 2. The van der Waals surface area contributed by atoms with Crippen LogP contribution >= 0.6 is 0 Å². The number of methoxy groups -OCH3 is 1. The van der Waals surface area contributed by atoms with E-state index in [-0.39, 0.29) is 17.4 Å². The van der Waals surface area contributed by atoms with Crippen LogP contribution in [0.5, 0.6) is 11.5 Å². The molecule has 0 fully saturated rings. The Hall–Kier alpha value is -3.06. The van der Waals surface area contributed by atoms with Crippen molar-refractivity contribution in [3.63, 3.8) is 0 Å². The molecule has 0 amide bonds. The number of aromatic nitrogens is 1. The molecule has 1 atom stereocenters. The van der Waals surface area contributed by atoms with Crippen molar-refractivity contribution in [2.24, 2.45) is 0 Å². The predicted molar refractivity (Wildman–Crippen MR) is 108 cm³/mol. The zero-order chi connectivity index (χ0) is 20.4. The topological polar surface area (TPSA) is 83.6 Å². The Kier molecular flexibility index (Phi) is 5.40. The van der Waals surface area contributed by atoms with Gasteiger partial charge in [-0.25, -0.2) is 9.18 Å². The average Bonchev–Trinajstić information content (AvgIpc) is 3.12. The third-order valence-corrected chi connectivity index (χ3v) is 5.34. The molecule has 29 heavy (non-hydrogen) atoms. The van der Waals surface area contributed by atoms with Crippen molar-refractivity contribution in [3.05, 3.63) is 59.0 Å². The van der Waals surface area contributed by atoms with Crippen LogP contribution in [0.2, 0.25) is 0 Å². The lowest BCUT2D eigenvalue weighted by molar-refractivity contribution is 0.0693. The van der Waals surface area contributed by atoms with Crippen LogP contribution in [0.15, 0.2) is 36.5 Å². The van der Waals surface area contributed by atoms with Crippen LogP contribution in [0.3, 0.4) is 0 Å². The lowest BCUT2D eigenvalue weighted by Crippen LogP contribution is -2.40. The molecule has 0 saturated heterocycles. The van der Waals surface area contributed by atoms with E-state index < -0.39 is 5.97 Å². The molecule has 0 radical (unpaired) electrons. The minimum Gasteiger partial charge on any atom is -0.493 e. The number of benzene rings is 2. The largest absolute Gasteiger partial charge is 0.493 e. The smallest absolute Gasteiger partial charge is 0.336 e. The highest BCUT2D eigenvalue weighted by Crippen LogP contribution is 2.37. The Morgan fingerprint density at radius 3 is 3.03 bits per heavy atom. The summed E-state index contributed by atoms with van der Waals surface area (Å²) in [5.74, 6) is -0.139. The molecule has 1 aliphatic rings. The van der Waals surface area contributed by atoms with Crippen LogP contribution in [0.1, 0.15) is 27.9 Å². The molecule has 1 aliphatic heterocycles. The molecule has 6 nitrogen and oxygen atoms in total. The van der Waals surface area contributed by atoms with Crippen LogP contribution in [0.4, 0.5) is 4.39 Å². The molecule has 2 heterocycles. The molecule has 2 aromatic carbocycles. The molecule has 0 unspecified atom stereocenters. The van der Waals surface area contributed by atoms with Gasteiger partial charge >= 0.3 is 5.97 Å². The average molecular weight is 398 g/mol. The summed E-state index contributed by atoms with van der Waals surface area (Å²) in [7, 11) is 1.54. The molecule has 3 aromatic rings. The van der Waals surface area contributed by atoms with Gasteiger partial charge in [-0.05, 0) is 61.7 Å². The predicted octanol–water partition coefficient (Wildman–Crippen LogP) is 3.54. The monoisotopic (exact) mass is 398 g/mol. The molecule has 1 aromatic heterocycles. The quantitative estimate of drug-likeness (QED) is 0.530. The van der Waals surface area contributed by atoms with Gasteiger partial charge in [-0.1, -0.05) is 0 Å². The van der Waals surface area contributed by atoms with Gasteiger partial charge in [-0.15, -0.1) is 0 Å². The van der Waals surface area contributed by atoms with Crippen molar-refractivity contribution in [1.82, 2.24) is 10.3 Å². The summed E-state index contributed by atoms with van der Waals surface area (Å²) in [6.45, 7) is 1.20. The zero-order valence-electron chi connectivity index (χ0n) is 16.1. The van der Waals surface area contributed by atoms with Gasteiger partial charge in [-0.2, -0.15) is 0 Å². The maximum Gasteiger partial charge on any atom is 0.336 e. The highest BCUT2D eigenvalue weighted by Gasteiger charge is 2.27. The van der Waals surface area contributed by atoms with E-state index in [4.69, 9.17) is 9.47 Å².